The number of methoxy groups -OCH3 is 2. The molecule has 7 aliphatic rings. The van der Waals surface area contributed by atoms with E-state index < -0.39 is 11.2 Å². The van der Waals surface area contributed by atoms with E-state index in [4.69, 9.17) is 9.47 Å². The van der Waals surface area contributed by atoms with E-state index in [0.717, 1.165) is 25.3 Å². The molecule has 0 amide bonds. The van der Waals surface area contributed by atoms with Crippen molar-refractivity contribution >= 4 is 0 Å². The summed E-state index contributed by atoms with van der Waals surface area (Å²) in [6.45, 7) is 4.56. The van der Waals surface area contributed by atoms with Gasteiger partial charge in [0.25, 0.3) is 0 Å². The standard InChI is InChI=1S/C23H35NO4/c1-4-24-9-11-5-6-16(27-2)23-13(11)8-15(19(23)24)21(25)10-22(26)17-12(20(22)28-3)7-14(23)18(17)21/h11-20,25-26H,4-10H2,1-3H3/t11-,12?,13?,14?,15?,16?,17?,18?,19?,20-,21-,22+,23?/m0/s1. The second-order valence-electron chi connectivity index (χ2n) is 11.4. The molecule has 7 rings (SSSR count). The normalized spacial score (nSPS) is 68.0. The van der Waals surface area contributed by atoms with E-state index in [9.17, 15) is 10.2 Å². The Balaban J connectivity index is 1.46. The summed E-state index contributed by atoms with van der Waals surface area (Å²) in [5, 5.41) is 23.9. The number of hydrogen-bond acceptors (Lipinski definition) is 5. The van der Waals surface area contributed by atoms with Gasteiger partial charge in [0.15, 0.2) is 0 Å². The monoisotopic (exact) mass is 389 g/mol. The minimum atomic E-state index is -0.809. The van der Waals surface area contributed by atoms with Crippen molar-refractivity contribution in [3.63, 3.8) is 0 Å². The summed E-state index contributed by atoms with van der Waals surface area (Å²) in [4.78, 5) is 2.72. The van der Waals surface area contributed by atoms with Crippen LogP contribution in [0, 0.1) is 46.8 Å². The van der Waals surface area contributed by atoms with Crippen LogP contribution in [0.3, 0.4) is 0 Å². The zero-order chi connectivity index (χ0) is 19.2. The molecule has 1 heterocycles. The second-order valence-corrected chi connectivity index (χ2v) is 11.4. The third-order valence-electron chi connectivity index (χ3n) is 11.5. The Kier molecular flexibility index (Phi) is 3.11. The van der Waals surface area contributed by atoms with Gasteiger partial charge in [-0.15, -0.1) is 0 Å². The van der Waals surface area contributed by atoms with Crippen LogP contribution in [0.15, 0.2) is 0 Å². The predicted molar refractivity (Wildman–Crippen MR) is 102 cm³/mol. The van der Waals surface area contributed by atoms with Gasteiger partial charge in [-0.05, 0) is 61.8 Å². The van der Waals surface area contributed by atoms with Crippen LogP contribution in [0.4, 0.5) is 0 Å². The lowest BCUT2D eigenvalue weighted by atomic mass is 9.47. The van der Waals surface area contributed by atoms with Gasteiger partial charge < -0.3 is 19.7 Å². The molecule has 5 nitrogen and oxygen atoms in total. The molecule has 0 aromatic carbocycles. The SMILES string of the molecule is CCN1C[C@@H]2CCC(OC)C34C5CC6C7C5[C@](O)(C[C@]7(O)[C@H]6OC)C(CC23)C14. The highest BCUT2D eigenvalue weighted by Gasteiger charge is 2.88. The van der Waals surface area contributed by atoms with Gasteiger partial charge in [0.1, 0.15) is 0 Å². The summed E-state index contributed by atoms with van der Waals surface area (Å²) in [6, 6.07) is 0.427. The molecule has 1 spiro atoms. The molecule has 28 heavy (non-hydrogen) atoms. The number of hydrogen-bond donors (Lipinski definition) is 2. The van der Waals surface area contributed by atoms with Gasteiger partial charge in [0.05, 0.1) is 23.4 Å². The van der Waals surface area contributed by atoms with Crippen molar-refractivity contribution in [2.24, 2.45) is 46.8 Å². The van der Waals surface area contributed by atoms with E-state index in [-0.39, 0.29) is 29.3 Å². The molecule has 1 saturated heterocycles. The topological polar surface area (TPSA) is 62.2 Å². The van der Waals surface area contributed by atoms with Crippen molar-refractivity contribution in [2.45, 2.75) is 68.5 Å². The van der Waals surface area contributed by atoms with Crippen molar-refractivity contribution in [3.8, 4) is 0 Å². The van der Waals surface area contributed by atoms with Gasteiger partial charge in [-0.1, -0.05) is 6.92 Å². The number of likely N-dealkylation sites (tertiary alicyclic amines) is 1. The Morgan fingerprint density at radius 2 is 1.79 bits per heavy atom. The predicted octanol–water partition coefficient (Wildman–Crippen LogP) is 1.51. The maximum absolute atomic E-state index is 12.3. The van der Waals surface area contributed by atoms with Crippen LogP contribution in [0.25, 0.3) is 0 Å². The molecule has 1 aliphatic heterocycles. The smallest absolute Gasteiger partial charge is 0.0973 e. The summed E-state index contributed by atoms with van der Waals surface area (Å²) < 4.78 is 12.1. The lowest BCUT2D eigenvalue weighted by Gasteiger charge is -2.66. The third kappa shape index (κ3) is 1.44. The molecule has 5 bridgehead atoms. The summed E-state index contributed by atoms with van der Waals surface area (Å²) in [5.74, 6) is 3.09. The fraction of sp³-hybridized carbons (Fsp3) is 1.00. The Labute approximate surface area is 167 Å². The average molecular weight is 390 g/mol. The van der Waals surface area contributed by atoms with E-state index in [1.165, 1.54) is 19.4 Å². The molecule has 5 heteroatoms. The number of nitrogens with zero attached hydrogens (tertiary/aromatic N) is 1. The molecule has 9 unspecified atom stereocenters. The fourth-order valence-electron chi connectivity index (χ4n) is 11.3. The zero-order valence-electron chi connectivity index (χ0n) is 17.4. The maximum atomic E-state index is 12.3. The molecule has 7 fully saturated rings. The number of rotatable bonds is 3. The first-order valence-corrected chi connectivity index (χ1v) is 11.7. The molecule has 0 radical (unpaired) electrons. The van der Waals surface area contributed by atoms with Crippen LogP contribution in [0.2, 0.25) is 0 Å². The van der Waals surface area contributed by atoms with Gasteiger partial charge in [-0.3, -0.25) is 4.90 Å². The quantitative estimate of drug-likeness (QED) is 0.766. The number of aliphatic hydroxyl groups is 2. The van der Waals surface area contributed by atoms with Crippen LogP contribution in [0.1, 0.15) is 39.0 Å². The van der Waals surface area contributed by atoms with Crippen LogP contribution >= 0.6 is 0 Å². The highest BCUT2D eigenvalue weighted by Crippen LogP contribution is 2.82. The minimum absolute atomic E-state index is 0.0876. The molecule has 13 atom stereocenters. The molecular weight excluding hydrogens is 354 g/mol. The molecule has 6 aliphatic carbocycles. The van der Waals surface area contributed by atoms with Crippen molar-refractivity contribution in [3.05, 3.63) is 0 Å². The van der Waals surface area contributed by atoms with Gasteiger partial charge in [-0.2, -0.15) is 0 Å². The second kappa shape index (κ2) is 4.99. The van der Waals surface area contributed by atoms with Crippen LogP contribution in [-0.2, 0) is 9.47 Å². The first kappa shape index (κ1) is 17.5. The van der Waals surface area contributed by atoms with Crippen molar-refractivity contribution < 1.29 is 19.7 Å². The summed E-state index contributed by atoms with van der Waals surface area (Å²) in [7, 11) is 3.67. The number of ether oxygens (including phenoxy) is 2. The molecule has 0 aromatic heterocycles. The summed E-state index contributed by atoms with van der Waals surface area (Å²) in [5.41, 5.74) is -1.36. The van der Waals surface area contributed by atoms with E-state index in [1.54, 1.807) is 7.11 Å². The van der Waals surface area contributed by atoms with Gasteiger partial charge >= 0.3 is 0 Å². The third-order valence-corrected chi connectivity index (χ3v) is 11.5. The highest BCUT2D eigenvalue weighted by atomic mass is 16.5. The highest BCUT2D eigenvalue weighted by molar-refractivity contribution is 5.37. The van der Waals surface area contributed by atoms with E-state index in [2.05, 4.69) is 11.8 Å². The molecule has 6 saturated carbocycles. The molecular formula is C23H35NO4. The zero-order valence-corrected chi connectivity index (χ0v) is 17.4. The van der Waals surface area contributed by atoms with Crippen molar-refractivity contribution in [1.29, 1.82) is 0 Å². The Bertz CT molecular complexity index is 731. The van der Waals surface area contributed by atoms with Gasteiger partial charge in [0, 0.05) is 50.5 Å². The summed E-state index contributed by atoms with van der Waals surface area (Å²) >= 11 is 0. The lowest BCUT2D eigenvalue weighted by Crippen LogP contribution is -2.72. The van der Waals surface area contributed by atoms with Gasteiger partial charge in [0.2, 0.25) is 0 Å². The van der Waals surface area contributed by atoms with Crippen LogP contribution < -0.4 is 0 Å². The first-order valence-electron chi connectivity index (χ1n) is 11.7. The summed E-state index contributed by atoms with van der Waals surface area (Å²) in [6.07, 6.45) is 5.45. The first-order chi connectivity index (χ1) is 13.5. The fourth-order valence-corrected chi connectivity index (χ4v) is 11.3. The Morgan fingerprint density at radius 3 is 2.50 bits per heavy atom. The lowest BCUT2D eigenvalue weighted by molar-refractivity contribution is -0.240. The Hall–Kier alpha value is -0.200. The largest absolute Gasteiger partial charge is 0.389 e. The van der Waals surface area contributed by atoms with E-state index in [0.29, 0.717) is 36.3 Å². The Morgan fingerprint density at radius 1 is 0.964 bits per heavy atom. The van der Waals surface area contributed by atoms with Crippen molar-refractivity contribution in [2.75, 3.05) is 27.3 Å². The molecule has 2 N–H and O–H groups in total. The van der Waals surface area contributed by atoms with Crippen molar-refractivity contribution in [1.82, 2.24) is 4.90 Å². The van der Waals surface area contributed by atoms with E-state index >= 15 is 0 Å². The average Bonchev–Trinajstić information content (AvgIpc) is 3.20. The van der Waals surface area contributed by atoms with Crippen LogP contribution in [-0.4, -0.2) is 71.9 Å². The van der Waals surface area contributed by atoms with Crippen LogP contribution in [0.5, 0.6) is 0 Å². The van der Waals surface area contributed by atoms with E-state index in [1.807, 2.05) is 7.11 Å². The van der Waals surface area contributed by atoms with Gasteiger partial charge in [-0.25, -0.2) is 0 Å². The molecule has 156 valence electrons. The number of fused-ring (bicyclic) bond motifs is 1. The number of piperidine rings is 1. The maximum Gasteiger partial charge on any atom is 0.0973 e. The molecule has 0 aromatic rings. The minimum Gasteiger partial charge on any atom is -0.389 e.